The number of aliphatic hydroxyl groups excluding tert-OH is 20. The number of hydrogen-bond donors (Lipinski definition) is 23. The number of aliphatic hydroxyl groups is 20. The molecule has 7 fully saturated rings. The monoisotopic (exact) mass is 1280 g/mol. The molecule has 0 aromatic rings. The van der Waals surface area contributed by atoms with Crippen LogP contribution in [-0.2, 0) is 76.0 Å². The van der Waals surface area contributed by atoms with Crippen molar-refractivity contribution < 1.29 is 178 Å². The first-order valence-corrected chi connectivity index (χ1v) is 27.6. The molecule has 0 aromatic heterocycles. The van der Waals surface area contributed by atoms with Crippen molar-refractivity contribution in [3.8, 4) is 0 Å². The van der Waals surface area contributed by atoms with Crippen molar-refractivity contribution in [2.24, 2.45) is 0 Å². The van der Waals surface area contributed by atoms with Gasteiger partial charge in [-0.2, -0.15) is 0 Å². The number of carbonyl (C=O) groups is 3. The zero-order valence-corrected chi connectivity index (χ0v) is 46.6. The van der Waals surface area contributed by atoms with Gasteiger partial charge in [0, 0.05) is 20.8 Å². The summed E-state index contributed by atoms with van der Waals surface area (Å²) in [4.78, 5) is 37.6. The van der Waals surface area contributed by atoms with Crippen LogP contribution in [0.4, 0.5) is 0 Å². The summed E-state index contributed by atoms with van der Waals surface area (Å²) in [6, 6.07) is -5.24. The highest BCUT2D eigenvalue weighted by Crippen LogP contribution is 2.38. The standard InChI is InChI=1S/C48H81N3O36/c1-11(58)49-21-28(65)24(61)14(4-52)77-43(21)75-10-20-27(64)41(36(73)48(82-20)85-39-17(7-55)76-42(74)33(70)32(39)69)87-45-23(51-13(3)60)30(67)38(19(9-57)81-45)84-47-35(72)40(26(63)16(6-54)79-47)86-44-22(50-12(2)59)29(66)37(18(8-56)80-44)83-46-34(71)31(68)25(62)15(5-53)78-46/h14-48,52-57,61-74H,4-10H2,1-3H3,(H,49,58)(H,50,59)(H,51,60)/t14-,15-,16-,17-,18-,19-,20-,21-,22-,23-,24-,25+,26+,27+,28-,29-,30-,31+,32-,33-,34-,35-,36-,37-,38-,39-,40+,41+,42?,43-,44+,45+,46+,47+,48+/m1/s1. The molecular formula is C48H81N3O36. The largest absolute Gasteiger partial charge is 0.394 e. The van der Waals surface area contributed by atoms with Gasteiger partial charge in [-0.15, -0.1) is 0 Å². The predicted molar refractivity (Wildman–Crippen MR) is 267 cm³/mol. The lowest BCUT2D eigenvalue weighted by Gasteiger charge is -2.51. The second-order valence-corrected chi connectivity index (χ2v) is 21.8. The highest BCUT2D eigenvalue weighted by Gasteiger charge is 2.59. The average molecular weight is 1280 g/mol. The SMILES string of the molecule is CC(=O)N[C@H]1[C@H](O[C@H]2[C@@H](O)[C@@H](CO)O[C@@H](O[C@H]3[C@H](O)[C@@H](NC(C)=O)[C@H](O[C@H]4[C@@H](O)[C@@H](CO[C@@H]5O[C@H](CO)[C@@H](O)[C@H](O)[C@H]5NC(C)=O)O[C@@H](O[C@H]5[C@H](O)[C@@H](O)C(O)O[C@@H]5CO)[C@@H]4O)O[C@@H]3CO)[C@@H]2O)O[C@H](CO)[C@@H](O[C@@H]2O[C@H](CO)[C@H](O)[C@H](O)[C@H]2O)[C@@H]1O. The molecule has 87 heavy (non-hydrogen) atoms. The molecule has 0 aromatic carbocycles. The number of amides is 3. The maximum absolute atomic E-state index is 12.9. The second kappa shape index (κ2) is 31.1. The Morgan fingerprint density at radius 1 is 0.299 bits per heavy atom. The minimum atomic E-state index is -2.29. The van der Waals surface area contributed by atoms with E-state index in [0.717, 1.165) is 20.8 Å². The van der Waals surface area contributed by atoms with Gasteiger partial charge in [-0.05, 0) is 0 Å². The molecule has 0 saturated carbocycles. The van der Waals surface area contributed by atoms with Gasteiger partial charge in [0.05, 0.1) is 46.2 Å². The molecule has 0 bridgehead atoms. The van der Waals surface area contributed by atoms with Gasteiger partial charge >= 0.3 is 0 Å². The summed E-state index contributed by atoms with van der Waals surface area (Å²) < 4.78 is 75.0. The third-order valence-electron chi connectivity index (χ3n) is 15.7. The van der Waals surface area contributed by atoms with Crippen LogP contribution in [0.3, 0.4) is 0 Å². The van der Waals surface area contributed by atoms with Gasteiger partial charge in [0.15, 0.2) is 44.0 Å². The fourth-order valence-electron chi connectivity index (χ4n) is 11.1. The van der Waals surface area contributed by atoms with Crippen LogP contribution in [0.25, 0.3) is 0 Å². The smallest absolute Gasteiger partial charge is 0.217 e. The van der Waals surface area contributed by atoms with E-state index < -0.39 is 279 Å². The van der Waals surface area contributed by atoms with E-state index in [1.54, 1.807) is 0 Å². The molecule has 39 nitrogen and oxygen atoms in total. The quantitative estimate of drug-likeness (QED) is 0.0479. The molecule has 7 rings (SSSR count). The Balaban J connectivity index is 1.13. The molecule has 504 valence electrons. The summed E-state index contributed by atoms with van der Waals surface area (Å²) in [5.74, 6) is -2.53. The molecule has 7 aliphatic rings. The van der Waals surface area contributed by atoms with E-state index in [1.165, 1.54) is 0 Å². The van der Waals surface area contributed by atoms with Crippen LogP contribution in [-0.4, -0.2) is 381 Å². The van der Waals surface area contributed by atoms with E-state index in [4.69, 9.17) is 61.6 Å². The minimum Gasteiger partial charge on any atom is -0.394 e. The molecule has 1 unspecified atom stereocenters. The van der Waals surface area contributed by atoms with Crippen molar-refractivity contribution in [2.45, 2.75) is 236 Å². The van der Waals surface area contributed by atoms with Crippen molar-refractivity contribution in [2.75, 3.05) is 46.2 Å². The number of rotatable bonds is 22. The Kier molecular flexibility index (Phi) is 25.6. The van der Waals surface area contributed by atoms with Crippen molar-refractivity contribution in [1.29, 1.82) is 0 Å². The van der Waals surface area contributed by atoms with Crippen LogP contribution in [0, 0.1) is 0 Å². The zero-order chi connectivity index (χ0) is 64.2. The summed E-state index contributed by atoms with van der Waals surface area (Å²) in [5, 5.41) is 224. The third kappa shape index (κ3) is 15.8. The van der Waals surface area contributed by atoms with Crippen LogP contribution in [0.2, 0.25) is 0 Å². The highest BCUT2D eigenvalue weighted by molar-refractivity contribution is 5.74. The van der Waals surface area contributed by atoms with Crippen LogP contribution < -0.4 is 16.0 Å². The number of carbonyl (C=O) groups excluding carboxylic acids is 3. The number of nitrogens with one attached hydrogen (secondary N) is 3. The average Bonchev–Trinajstić information content (AvgIpc) is 1.45. The lowest BCUT2D eigenvalue weighted by atomic mass is 9.93. The van der Waals surface area contributed by atoms with Crippen LogP contribution in [0.5, 0.6) is 0 Å². The van der Waals surface area contributed by atoms with E-state index >= 15 is 0 Å². The predicted octanol–water partition coefficient (Wildman–Crippen LogP) is -15.8. The van der Waals surface area contributed by atoms with Gasteiger partial charge in [0.25, 0.3) is 0 Å². The van der Waals surface area contributed by atoms with E-state index in [2.05, 4.69) is 16.0 Å². The summed E-state index contributed by atoms with van der Waals surface area (Å²) in [6.45, 7) is -3.88. The van der Waals surface area contributed by atoms with Crippen LogP contribution in [0.1, 0.15) is 20.8 Å². The molecular weight excluding hydrogens is 1190 g/mol. The third-order valence-corrected chi connectivity index (χ3v) is 15.7. The first-order chi connectivity index (χ1) is 41.1. The number of ether oxygens (including phenoxy) is 13. The highest BCUT2D eigenvalue weighted by atomic mass is 16.8. The molecule has 0 aliphatic carbocycles. The molecule has 23 N–H and O–H groups in total. The maximum Gasteiger partial charge on any atom is 0.217 e. The molecule has 3 amide bonds. The topological polar surface area (TPSA) is 612 Å². The second-order valence-electron chi connectivity index (χ2n) is 21.8. The Morgan fingerprint density at radius 3 is 1.02 bits per heavy atom. The zero-order valence-electron chi connectivity index (χ0n) is 46.6. The van der Waals surface area contributed by atoms with Crippen molar-refractivity contribution in [3.63, 3.8) is 0 Å². The van der Waals surface area contributed by atoms with E-state index in [-0.39, 0.29) is 0 Å². The fourth-order valence-corrected chi connectivity index (χ4v) is 11.1. The lowest BCUT2D eigenvalue weighted by molar-refractivity contribution is -0.388. The Labute approximate surface area is 492 Å². The maximum atomic E-state index is 12.9. The lowest BCUT2D eigenvalue weighted by Crippen LogP contribution is -2.71. The van der Waals surface area contributed by atoms with E-state index in [9.17, 15) is 117 Å². The molecule has 35 atom stereocenters. The summed E-state index contributed by atoms with van der Waals surface area (Å²) >= 11 is 0. The van der Waals surface area contributed by atoms with Crippen molar-refractivity contribution in [3.05, 3.63) is 0 Å². The van der Waals surface area contributed by atoms with Crippen LogP contribution >= 0.6 is 0 Å². The molecule has 7 heterocycles. The van der Waals surface area contributed by atoms with E-state index in [0.29, 0.717) is 0 Å². The summed E-state index contributed by atoms with van der Waals surface area (Å²) in [5.41, 5.74) is 0. The molecule has 7 aliphatic heterocycles. The fraction of sp³-hybridized carbons (Fsp3) is 0.938. The normalized spacial score (nSPS) is 48.9. The summed E-state index contributed by atoms with van der Waals surface area (Å²) in [6.07, 6.45) is -62.3. The van der Waals surface area contributed by atoms with Gasteiger partial charge in [-0.3, -0.25) is 14.4 Å². The van der Waals surface area contributed by atoms with Gasteiger partial charge in [0.1, 0.15) is 171 Å². The van der Waals surface area contributed by atoms with Gasteiger partial charge in [-0.1, -0.05) is 0 Å². The van der Waals surface area contributed by atoms with Gasteiger partial charge in [-0.25, -0.2) is 0 Å². The summed E-state index contributed by atoms with van der Waals surface area (Å²) in [7, 11) is 0. The first kappa shape index (κ1) is 71.5. The van der Waals surface area contributed by atoms with Crippen molar-refractivity contribution in [1.82, 2.24) is 16.0 Å². The Morgan fingerprint density at radius 2 is 0.609 bits per heavy atom. The van der Waals surface area contributed by atoms with Gasteiger partial charge in [0.2, 0.25) is 17.7 Å². The molecule has 39 heteroatoms. The Hall–Kier alpha value is -2.91. The first-order valence-electron chi connectivity index (χ1n) is 27.6. The van der Waals surface area contributed by atoms with E-state index in [1.807, 2.05) is 0 Å². The molecule has 7 saturated heterocycles. The molecule has 0 spiro atoms. The minimum absolute atomic E-state index is 0.750. The van der Waals surface area contributed by atoms with Crippen LogP contribution in [0.15, 0.2) is 0 Å². The Bertz CT molecular complexity index is 2190. The van der Waals surface area contributed by atoms with Gasteiger partial charge < -0.3 is 180 Å². The number of hydrogen-bond acceptors (Lipinski definition) is 36. The molecule has 0 radical (unpaired) electrons. The van der Waals surface area contributed by atoms with Crippen molar-refractivity contribution >= 4 is 17.7 Å².